The number of piperidine rings is 1. The van der Waals surface area contributed by atoms with E-state index in [9.17, 15) is 36.2 Å². The molecule has 0 bridgehead atoms. The maximum atomic E-state index is 13.1. The number of aliphatic hydroxyl groups is 1. The van der Waals surface area contributed by atoms with Crippen molar-refractivity contribution in [2.24, 2.45) is 0 Å². The number of likely N-dealkylation sites (tertiary alicyclic amines) is 1. The van der Waals surface area contributed by atoms with Crippen LogP contribution < -0.4 is 10.2 Å². The van der Waals surface area contributed by atoms with Gasteiger partial charge in [-0.1, -0.05) is 11.6 Å². The van der Waals surface area contributed by atoms with Crippen molar-refractivity contribution in [3.05, 3.63) is 52.3 Å². The first-order valence-corrected chi connectivity index (χ1v) is 12.4. The average molecular weight is 598 g/mol. The van der Waals surface area contributed by atoms with Crippen LogP contribution in [0.2, 0.25) is 5.02 Å². The van der Waals surface area contributed by atoms with Gasteiger partial charge in [-0.2, -0.15) is 26.3 Å². The summed E-state index contributed by atoms with van der Waals surface area (Å²) in [5.74, 6) is -2.84. The molecular weight excluding hydrogens is 572 g/mol. The summed E-state index contributed by atoms with van der Waals surface area (Å²) in [4.78, 5) is 32.7. The molecule has 0 saturated carbocycles. The van der Waals surface area contributed by atoms with Crippen LogP contribution in [-0.4, -0.2) is 87.5 Å². The molecule has 1 unspecified atom stereocenters. The van der Waals surface area contributed by atoms with E-state index in [0.717, 1.165) is 6.07 Å². The molecule has 0 spiro atoms. The second kappa shape index (κ2) is 12.6. The first kappa shape index (κ1) is 31.4. The highest BCUT2D eigenvalue weighted by molar-refractivity contribution is 6.30. The van der Waals surface area contributed by atoms with Crippen molar-refractivity contribution in [2.75, 3.05) is 31.1 Å². The number of aryl methyl sites for hydroxylation is 1. The van der Waals surface area contributed by atoms with Gasteiger partial charge in [0.05, 0.1) is 12.1 Å². The molecule has 9 nitrogen and oxygen atoms in total. The quantitative estimate of drug-likeness (QED) is 0.458. The summed E-state index contributed by atoms with van der Waals surface area (Å²) >= 11 is 5.88. The molecule has 16 heteroatoms. The van der Waals surface area contributed by atoms with Crippen LogP contribution in [0, 0.1) is 6.92 Å². The average Bonchev–Trinajstić information content (AvgIpc) is 3.23. The molecule has 3 heterocycles. The Hall–Kier alpha value is -3.17. The number of aromatic nitrogens is 2. The first-order chi connectivity index (χ1) is 18.5. The minimum Gasteiger partial charge on any atom is -0.475 e. The number of carboxylic acid groups (broad SMARTS) is 1. The highest BCUT2D eigenvalue weighted by Crippen LogP contribution is 2.30. The van der Waals surface area contributed by atoms with E-state index >= 15 is 0 Å². The summed E-state index contributed by atoms with van der Waals surface area (Å²) in [6.07, 6.45) is -8.99. The van der Waals surface area contributed by atoms with E-state index < -0.39 is 30.1 Å². The fourth-order valence-electron chi connectivity index (χ4n) is 4.28. The Morgan fingerprint density at radius 1 is 1.02 bits per heavy atom. The number of nitrogens with zero attached hydrogens (tertiary/aromatic N) is 4. The largest absolute Gasteiger partial charge is 0.490 e. The van der Waals surface area contributed by atoms with Gasteiger partial charge < -0.3 is 25.3 Å². The lowest BCUT2D eigenvalue weighted by Gasteiger charge is -2.34. The number of halogens is 7. The van der Waals surface area contributed by atoms with Crippen LogP contribution in [0.25, 0.3) is 0 Å². The van der Waals surface area contributed by atoms with Crippen molar-refractivity contribution in [2.45, 2.75) is 50.3 Å². The second-order valence-electron chi connectivity index (χ2n) is 9.31. The molecule has 2 aromatic rings. The van der Waals surface area contributed by atoms with Gasteiger partial charge in [-0.3, -0.25) is 4.79 Å². The summed E-state index contributed by atoms with van der Waals surface area (Å²) in [6, 6.07) is 7.45. The highest BCUT2D eigenvalue weighted by atomic mass is 35.5. The molecule has 3 N–H and O–H groups in total. The van der Waals surface area contributed by atoms with Gasteiger partial charge in [-0.15, -0.1) is 0 Å². The fraction of sp³-hybridized carbons (Fsp3) is 0.500. The summed E-state index contributed by atoms with van der Waals surface area (Å²) < 4.78 is 71.1. The Labute approximate surface area is 229 Å². The lowest BCUT2D eigenvalue weighted by atomic mass is 10.0. The Kier molecular flexibility index (Phi) is 9.85. The van der Waals surface area contributed by atoms with Crippen LogP contribution in [0.5, 0.6) is 0 Å². The van der Waals surface area contributed by atoms with E-state index in [4.69, 9.17) is 21.5 Å². The zero-order chi connectivity index (χ0) is 29.8. The zero-order valence-electron chi connectivity index (χ0n) is 21.0. The molecule has 1 aromatic carbocycles. The molecule has 4 rings (SSSR count). The number of benzene rings is 1. The predicted molar refractivity (Wildman–Crippen MR) is 131 cm³/mol. The van der Waals surface area contributed by atoms with Crippen molar-refractivity contribution in [3.8, 4) is 0 Å². The van der Waals surface area contributed by atoms with Crippen molar-refractivity contribution < 1.29 is 46.1 Å². The third-order valence-electron chi connectivity index (χ3n) is 6.27. The molecule has 40 heavy (non-hydrogen) atoms. The maximum absolute atomic E-state index is 13.1. The second-order valence-corrected chi connectivity index (χ2v) is 9.75. The third-order valence-corrected chi connectivity index (χ3v) is 6.52. The van der Waals surface area contributed by atoms with Crippen LogP contribution in [0.4, 0.5) is 32.3 Å². The zero-order valence-corrected chi connectivity index (χ0v) is 21.8. The van der Waals surface area contributed by atoms with Crippen LogP contribution in [0.3, 0.4) is 0 Å². The number of aliphatic carboxylic acids is 1. The molecule has 1 amide bonds. The molecule has 0 radical (unpaired) electrons. The molecule has 0 aliphatic carbocycles. The van der Waals surface area contributed by atoms with E-state index in [-0.39, 0.29) is 36.2 Å². The van der Waals surface area contributed by atoms with Gasteiger partial charge in [-0.25, -0.2) is 14.8 Å². The van der Waals surface area contributed by atoms with Gasteiger partial charge in [0.25, 0.3) is 5.91 Å². The van der Waals surface area contributed by atoms with Gasteiger partial charge in [0.1, 0.15) is 5.69 Å². The minimum absolute atomic E-state index is 0.0333. The molecule has 2 fully saturated rings. The first-order valence-electron chi connectivity index (χ1n) is 12.0. The van der Waals surface area contributed by atoms with Crippen molar-refractivity contribution in [3.63, 3.8) is 0 Å². The fourth-order valence-corrected chi connectivity index (χ4v) is 4.41. The topological polar surface area (TPSA) is 119 Å². The summed E-state index contributed by atoms with van der Waals surface area (Å²) in [5.41, 5.74) is -0.186. The smallest absolute Gasteiger partial charge is 0.475 e. The normalized spacial score (nSPS) is 20.2. The number of alkyl halides is 6. The predicted octanol–water partition coefficient (Wildman–Crippen LogP) is 3.53. The Morgan fingerprint density at radius 3 is 2.12 bits per heavy atom. The van der Waals surface area contributed by atoms with E-state index in [1.165, 1.54) is 6.92 Å². The standard InChI is InChI=1S/C22H25ClF3N5O2.C2HF3O2/c1-13-10-19(22(24,25)26)29-21(27-13)31-11-17(18(32)12-31)28-16-6-8-30(9-7-16)20(33)14-2-4-15(23)5-3-14;3-2(4,5)1(6)7/h2-5,10,16-18,28,32H,6-9,11-12H2,1H3;(H,6,7)/t17?,18-;/m1./s1. The SMILES string of the molecule is Cc1cc(C(F)(F)F)nc(N2CC(NC3CCN(C(=O)c4ccc(Cl)cc4)CC3)[C@H](O)C2)n1.O=C(O)C(F)(F)F. The number of β-amino-alcohol motifs (C(OH)–C–C–N with tert-alkyl or cyclic N) is 1. The van der Waals surface area contributed by atoms with E-state index in [0.29, 0.717) is 43.1 Å². The van der Waals surface area contributed by atoms with E-state index in [1.54, 1.807) is 34.1 Å². The van der Waals surface area contributed by atoms with Crippen molar-refractivity contribution in [1.29, 1.82) is 0 Å². The van der Waals surface area contributed by atoms with Crippen LogP contribution in [0.1, 0.15) is 34.6 Å². The van der Waals surface area contributed by atoms with Gasteiger partial charge in [0.2, 0.25) is 5.95 Å². The molecule has 1 aromatic heterocycles. The number of rotatable bonds is 4. The maximum Gasteiger partial charge on any atom is 0.490 e. The van der Waals surface area contributed by atoms with E-state index in [1.807, 2.05) is 0 Å². The third kappa shape index (κ3) is 8.41. The molecule has 2 saturated heterocycles. The van der Waals surface area contributed by atoms with Gasteiger partial charge >= 0.3 is 18.3 Å². The van der Waals surface area contributed by atoms with Gasteiger partial charge in [-0.05, 0) is 50.1 Å². The number of aliphatic hydroxyl groups excluding tert-OH is 1. The number of anilines is 1. The highest BCUT2D eigenvalue weighted by Gasteiger charge is 2.39. The van der Waals surface area contributed by atoms with E-state index in [2.05, 4.69) is 15.3 Å². The van der Waals surface area contributed by atoms with Crippen molar-refractivity contribution >= 4 is 29.4 Å². The van der Waals surface area contributed by atoms with Crippen molar-refractivity contribution in [1.82, 2.24) is 20.2 Å². The summed E-state index contributed by atoms with van der Waals surface area (Å²) in [5, 5.41) is 21.6. The molecular formula is C24H26ClF6N5O4. The number of carboxylic acids is 1. The van der Waals surface area contributed by atoms with Gasteiger partial charge in [0, 0.05) is 48.5 Å². The van der Waals surface area contributed by atoms with Crippen LogP contribution >= 0.6 is 11.6 Å². The Morgan fingerprint density at radius 2 is 1.60 bits per heavy atom. The number of hydrogen-bond acceptors (Lipinski definition) is 7. The Bertz CT molecular complexity index is 1190. The lowest BCUT2D eigenvalue weighted by molar-refractivity contribution is -0.192. The van der Waals surface area contributed by atoms with Crippen LogP contribution in [0.15, 0.2) is 30.3 Å². The number of amides is 1. The number of nitrogens with one attached hydrogen (secondary N) is 1. The molecule has 220 valence electrons. The summed E-state index contributed by atoms with van der Waals surface area (Å²) in [7, 11) is 0. The number of carbonyl (C=O) groups excluding carboxylic acids is 1. The minimum atomic E-state index is -5.08. The lowest BCUT2D eigenvalue weighted by Crippen LogP contribution is -2.50. The summed E-state index contributed by atoms with van der Waals surface area (Å²) in [6.45, 7) is 3.07. The van der Waals surface area contributed by atoms with Crippen LogP contribution in [-0.2, 0) is 11.0 Å². The van der Waals surface area contributed by atoms with Gasteiger partial charge in [0.15, 0.2) is 0 Å². The number of carbonyl (C=O) groups is 2. The monoisotopic (exact) mass is 597 g/mol. The molecule has 2 atom stereocenters. The Balaban J connectivity index is 0.000000559. The number of hydrogen-bond donors (Lipinski definition) is 3. The molecule has 2 aliphatic heterocycles. The molecule has 2 aliphatic rings.